The van der Waals surface area contributed by atoms with Crippen molar-refractivity contribution in [1.82, 2.24) is 9.55 Å². The number of rotatable bonds is 2. The van der Waals surface area contributed by atoms with Crippen molar-refractivity contribution in [2.45, 2.75) is 39.2 Å². The number of aromatic nitrogens is 2. The Kier molecular flexibility index (Phi) is 2.95. The van der Waals surface area contributed by atoms with Gasteiger partial charge >= 0.3 is 0 Å². The molecule has 0 aliphatic heterocycles. The molecule has 0 unspecified atom stereocenters. The Morgan fingerprint density at radius 1 is 1.39 bits per heavy atom. The number of nitrogens with zero attached hydrogens (tertiary/aromatic N) is 2. The minimum atomic E-state index is -0.0275. The first-order valence-electron chi connectivity index (χ1n) is 6.35. The van der Waals surface area contributed by atoms with Crippen LogP contribution in [-0.2, 0) is 19.4 Å². The highest BCUT2D eigenvalue weighted by atomic mass is 32.1. The monoisotopic (exact) mass is 264 g/mol. The van der Waals surface area contributed by atoms with Crippen LogP contribution in [0.15, 0.2) is 4.79 Å². The highest BCUT2D eigenvalue weighted by Gasteiger charge is 2.20. The Hall–Kier alpha value is -1.20. The third-order valence-corrected chi connectivity index (χ3v) is 4.78. The summed E-state index contributed by atoms with van der Waals surface area (Å²) in [6.07, 6.45) is 4.44. The van der Waals surface area contributed by atoms with Crippen LogP contribution in [0, 0.1) is 6.92 Å². The molecule has 1 aliphatic rings. The molecule has 0 amide bonds. The van der Waals surface area contributed by atoms with E-state index in [-0.39, 0.29) is 12.2 Å². The summed E-state index contributed by atoms with van der Waals surface area (Å²) in [5.74, 6) is 0.695. The summed E-state index contributed by atoms with van der Waals surface area (Å²) in [7, 11) is 0. The number of hydrogen-bond donors (Lipinski definition) is 1. The molecule has 0 radical (unpaired) electrons. The first kappa shape index (κ1) is 11.9. The van der Waals surface area contributed by atoms with Crippen molar-refractivity contribution in [1.29, 1.82) is 0 Å². The second kappa shape index (κ2) is 4.48. The first-order valence-corrected chi connectivity index (χ1v) is 7.16. The van der Waals surface area contributed by atoms with E-state index in [1.54, 1.807) is 15.9 Å². The van der Waals surface area contributed by atoms with Gasteiger partial charge in [0, 0.05) is 4.88 Å². The Bertz CT molecular complexity index is 657. The lowest BCUT2D eigenvalue weighted by Gasteiger charge is -2.11. The molecular formula is C13H16N2O2S. The fourth-order valence-corrected chi connectivity index (χ4v) is 4.00. The zero-order chi connectivity index (χ0) is 12.7. The predicted octanol–water partition coefficient (Wildman–Crippen LogP) is 1.64. The van der Waals surface area contributed by atoms with Crippen LogP contribution in [0.2, 0.25) is 0 Å². The van der Waals surface area contributed by atoms with Crippen LogP contribution in [0.25, 0.3) is 10.2 Å². The summed E-state index contributed by atoms with van der Waals surface area (Å²) in [5.41, 5.74) is 1.23. The summed E-state index contributed by atoms with van der Waals surface area (Å²) in [6, 6.07) is 0. The van der Waals surface area contributed by atoms with Gasteiger partial charge in [-0.2, -0.15) is 0 Å². The summed E-state index contributed by atoms with van der Waals surface area (Å²) < 4.78 is 1.59. The second-order valence-electron chi connectivity index (χ2n) is 4.73. The molecule has 96 valence electrons. The minimum absolute atomic E-state index is 0.0194. The average molecular weight is 264 g/mol. The number of thiophene rings is 1. The Morgan fingerprint density at radius 2 is 2.17 bits per heavy atom. The fourth-order valence-electron chi connectivity index (χ4n) is 2.70. The van der Waals surface area contributed by atoms with Crippen LogP contribution < -0.4 is 5.56 Å². The van der Waals surface area contributed by atoms with E-state index in [4.69, 9.17) is 5.11 Å². The third-order valence-electron chi connectivity index (χ3n) is 3.59. The van der Waals surface area contributed by atoms with Crippen molar-refractivity contribution >= 4 is 21.6 Å². The van der Waals surface area contributed by atoms with Crippen molar-refractivity contribution in [3.8, 4) is 0 Å². The fraction of sp³-hybridized carbons (Fsp3) is 0.538. The van der Waals surface area contributed by atoms with Gasteiger partial charge in [0.15, 0.2) is 0 Å². The Balaban J connectivity index is 2.32. The van der Waals surface area contributed by atoms with E-state index < -0.39 is 0 Å². The largest absolute Gasteiger partial charge is 0.395 e. The quantitative estimate of drug-likeness (QED) is 0.897. The molecule has 0 saturated carbocycles. The van der Waals surface area contributed by atoms with E-state index in [1.165, 1.54) is 16.9 Å². The molecule has 2 heterocycles. The molecule has 0 aromatic carbocycles. The van der Waals surface area contributed by atoms with Crippen molar-refractivity contribution < 1.29 is 5.11 Å². The van der Waals surface area contributed by atoms with E-state index in [9.17, 15) is 4.79 Å². The van der Waals surface area contributed by atoms with Gasteiger partial charge in [0.05, 0.1) is 18.5 Å². The van der Waals surface area contributed by atoms with Gasteiger partial charge in [-0.25, -0.2) is 4.98 Å². The molecule has 0 spiro atoms. The summed E-state index contributed by atoms with van der Waals surface area (Å²) >= 11 is 1.67. The molecule has 0 fully saturated rings. The molecule has 4 nitrogen and oxygen atoms in total. The van der Waals surface area contributed by atoms with Gasteiger partial charge in [-0.3, -0.25) is 9.36 Å². The molecule has 5 heteroatoms. The van der Waals surface area contributed by atoms with Crippen molar-refractivity contribution in [2.24, 2.45) is 0 Å². The zero-order valence-corrected chi connectivity index (χ0v) is 11.2. The molecule has 0 bridgehead atoms. The molecule has 2 aromatic rings. The van der Waals surface area contributed by atoms with Crippen LogP contribution in [0.4, 0.5) is 0 Å². The summed E-state index contributed by atoms with van der Waals surface area (Å²) in [4.78, 5) is 19.2. The number of fused-ring (bicyclic) bond motifs is 3. The topological polar surface area (TPSA) is 55.1 Å². The first-order chi connectivity index (χ1) is 8.72. The molecule has 0 atom stereocenters. The average Bonchev–Trinajstić information content (AvgIpc) is 2.72. The molecule has 18 heavy (non-hydrogen) atoms. The van der Waals surface area contributed by atoms with Crippen LogP contribution in [0.5, 0.6) is 0 Å². The molecule has 0 saturated heterocycles. The van der Waals surface area contributed by atoms with E-state index in [0.29, 0.717) is 12.4 Å². The van der Waals surface area contributed by atoms with Crippen LogP contribution in [0.3, 0.4) is 0 Å². The van der Waals surface area contributed by atoms with Gasteiger partial charge in [0.2, 0.25) is 0 Å². The van der Waals surface area contributed by atoms with Gasteiger partial charge in [-0.1, -0.05) is 0 Å². The second-order valence-corrected chi connectivity index (χ2v) is 5.81. The Morgan fingerprint density at radius 3 is 2.94 bits per heavy atom. The standard InChI is InChI=1S/C13H16N2O2S/c1-8-14-12-11(13(17)15(8)6-7-16)9-4-2-3-5-10(9)18-12/h16H,2-7H2,1H3. The SMILES string of the molecule is Cc1nc2sc3c(c2c(=O)n1CCO)CCCC3. The van der Waals surface area contributed by atoms with E-state index >= 15 is 0 Å². The van der Waals surface area contributed by atoms with Crippen molar-refractivity contribution in [2.75, 3.05) is 6.61 Å². The molecule has 1 N–H and O–H groups in total. The van der Waals surface area contributed by atoms with Gasteiger partial charge in [-0.15, -0.1) is 11.3 Å². The lowest BCUT2D eigenvalue weighted by Crippen LogP contribution is -2.25. The van der Waals surface area contributed by atoms with E-state index in [2.05, 4.69) is 4.98 Å². The van der Waals surface area contributed by atoms with Crippen LogP contribution in [0.1, 0.15) is 29.1 Å². The number of aliphatic hydroxyl groups excluding tert-OH is 1. The van der Waals surface area contributed by atoms with Crippen molar-refractivity contribution in [3.63, 3.8) is 0 Å². The lowest BCUT2D eigenvalue weighted by molar-refractivity contribution is 0.272. The van der Waals surface area contributed by atoms with Crippen LogP contribution in [-0.4, -0.2) is 21.3 Å². The van der Waals surface area contributed by atoms with E-state index in [0.717, 1.165) is 29.5 Å². The van der Waals surface area contributed by atoms with Gasteiger partial charge in [0.1, 0.15) is 10.7 Å². The summed E-state index contributed by atoms with van der Waals surface area (Å²) in [5, 5.41) is 9.84. The highest BCUT2D eigenvalue weighted by Crippen LogP contribution is 2.33. The van der Waals surface area contributed by atoms with Crippen LogP contribution >= 0.6 is 11.3 Å². The zero-order valence-electron chi connectivity index (χ0n) is 10.4. The minimum Gasteiger partial charge on any atom is -0.395 e. The maximum Gasteiger partial charge on any atom is 0.262 e. The highest BCUT2D eigenvalue weighted by molar-refractivity contribution is 7.18. The number of aryl methyl sites for hydroxylation is 3. The lowest BCUT2D eigenvalue weighted by atomic mass is 9.97. The van der Waals surface area contributed by atoms with Gasteiger partial charge in [0.25, 0.3) is 5.56 Å². The molecule has 1 aliphatic carbocycles. The maximum atomic E-state index is 12.5. The van der Waals surface area contributed by atoms with Gasteiger partial charge in [-0.05, 0) is 38.2 Å². The van der Waals surface area contributed by atoms with E-state index in [1.807, 2.05) is 6.92 Å². The predicted molar refractivity (Wildman–Crippen MR) is 72.3 cm³/mol. The molecule has 2 aromatic heterocycles. The molecule has 3 rings (SSSR count). The molecular weight excluding hydrogens is 248 g/mol. The Labute approximate surface area is 109 Å². The van der Waals surface area contributed by atoms with Gasteiger partial charge < -0.3 is 5.11 Å². The number of aliphatic hydroxyl groups is 1. The summed E-state index contributed by atoms with van der Waals surface area (Å²) in [6.45, 7) is 2.13. The maximum absolute atomic E-state index is 12.5. The smallest absolute Gasteiger partial charge is 0.262 e. The third kappa shape index (κ3) is 1.69. The normalized spacial score (nSPS) is 15.0. The van der Waals surface area contributed by atoms with Crippen molar-refractivity contribution in [3.05, 3.63) is 26.6 Å². The number of hydrogen-bond acceptors (Lipinski definition) is 4.